The average Bonchev–Trinajstić information content (AvgIpc) is 3.49. The fourth-order valence-corrected chi connectivity index (χ4v) is 7.30. The summed E-state index contributed by atoms with van der Waals surface area (Å²) in [6.07, 6.45) is 4.65. The summed E-state index contributed by atoms with van der Waals surface area (Å²) in [5.74, 6) is 0.499. The molecule has 1 saturated carbocycles. The maximum Gasteiger partial charge on any atom is 0.234 e. The number of carbonyl (C=O) groups is 1. The minimum Gasteiger partial charge on any atom is -0.492 e. The zero-order valence-corrected chi connectivity index (χ0v) is 25.0. The van der Waals surface area contributed by atoms with Crippen LogP contribution in [0.5, 0.6) is 5.75 Å². The first-order valence-corrected chi connectivity index (χ1v) is 16.1. The number of carbonyl (C=O) groups excluding carboxylic acids is 1. The van der Waals surface area contributed by atoms with E-state index in [0.717, 1.165) is 85.2 Å². The third kappa shape index (κ3) is 6.07. The van der Waals surface area contributed by atoms with Crippen molar-refractivity contribution < 1.29 is 13.9 Å². The molecule has 0 radical (unpaired) electrons. The average molecular weight is 598 g/mol. The first-order valence-electron chi connectivity index (χ1n) is 15.2. The molecule has 0 spiro atoms. The molecule has 7 nitrogen and oxygen atoms in total. The molecule has 3 aliphatic rings. The van der Waals surface area contributed by atoms with Crippen molar-refractivity contribution in [3.8, 4) is 28.3 Å². The molecule has 0 unspecified atom stereocenters. The molecule has 2 aromatic carbocycles. The Bertz CT molecular complexity index is 1670. The summed E-state index contributed by atoms with van der Waals surface area (Å²) in [5.41, 5.74) is 7.31. The maximum atomic E-state index is 14.4. The molecule has 1 amide bonds. The highest BCUT2D eigenvalue weighted by atomic mass is 32.1. The second-order valence-corrected chi connectivity index (χ2v) is 13.0. The van der Waals surface area contributed by atoms with Gasteiger partial charge in [-0.2, -0.15) is 0 Å². The summed E-state index contributed by atoms with van der Waals surface area (Å²) in [5, 5.41) is 19.0. The number of piperidine rings is 1. The zero-order valence-electron chi connectivity index (χ0n) is 24.2. The molecule has 1 aliphatic carbocycles. The van der Waals surface area contributed by atoms with Gasteiger partial charge in [-0.25, -0.2) is 4.39 Å². The van der Waals surface area contributed by atoms with Crippen molar-refractivity contribution in [3.63, 3.8) is 0 Å². The van der Waals surface area contributed by atoms with Crippen LogP contribution in [0.15, 0.2) is 60.0 Å². The molecule has 43 heavy (non-hydrogen) atoms. The first kappa shape index (κ1) is 28.1. The number of amides is 1. The quantitative estimate of drug-likeness (QED) is 0.253. The van der Waals surface area contributed by atoms with Gasteiger partial charge in [-0.15, -0.1) is 21.5 Å². The van der Waals surface area contributed by atoms with Gasteiger partial charge >= 0.3 is 0 Å². The van der Waals surface area contributed by atoms with E-state index < -0.39 is 0 Å². The fraction of sp³-hybridized carbons (Fsp3) is 0.382. The Morgan fingerprint density at radius 3 is 2.77 bits per heavy atom. The summed E-state index contributed by atoms with van der Waals surface area (Å²) in [7, 11) is 0. The van der Waals surface area contributed by atoms with E-state index in [9.17, 15) is 9.18 Å². The molecule has 222 valence electrons. The number of hydrogen-bond acceptors (Lipinski definition) is 7. The summed E-state index contributed by atoms with van der Waals surface area (Å²) >= 11 is 1.61. The van der Waals surface area contributed by atoms with E-state index in [4.69, 9.17) is 4.74 Å². The number of benzene rings is 2. The van der Waals surface area contributed by atoms with Crippen LogP contribution in [0.1, 0.15) is 36.8 Å². The van der Waals surface area contributed by atoms with Gasteiger partial charge in [0.1, 0.15) is 23.0 Å². The summed E-state index contributed by atoms with van der Waals surface area (Å²) in [6.45, 7) is 8.63. The highest BCUT2D eigenvalue weighted by Gasteiger charge is 2.31. The Labute approximate surface area is 255 Å². The third-order valence-corrected chi connectivity index (χ3v) is 9.88. The first-order chi connectivity index (χ1) is 21.0. The van der Waals surface area contributed by atoms with Crippen LogP contribution >= 0.6 is 11.3 Å². The smallest absolute Gasteiger partial charge is 0.234 e. The number of thiophene rings is 1. The number of fused-ring (bicyclic) bond motifs is 2. The Kier molecular flexibility index (Phi) is 7.95. The predicted molar refractivity (Wildman–Crippen MR) is 169 cm³/mol. The number of rotatable bonds is 8. The molecule has 9 heteroatoms. The normalized spacial score (nSPS) is 20.4. The lowest BCUT2D eigenvalue weighted by atomic mass is 9.81. The van der Waals surface area contributed by atoms with Crippen LogP contribution in [0.3, 0.4) is 0 Å². The van der Waals surface area contributed by atoms with Crippen LogP contribution in [-0.4, -0.2) is 59.8 Å². The molecule has 4 heterocycles. The highest BCUT2D eigenvalue weighted by molar-refractivity contribution is 7.17. The van der Waals surface area contributed by atoms with Gasteiger partial charge in [0.05, 0.1) is 17.9 Å². The standard InChI is InChI=1S/C34H36FN5O2S/c1-21-7-11-40(12-8-21)19-31(41)37-27-14-22(15-27)20-42-30-17-26(35)4-5-28(30)33-34-29(9-13-43-34)32(38-39-33)24-2-3-25-18-36-10-6-23(25)16-24/h2-5,9,13,16-17,22,27,36H,1,6-8,10-12,14-15,18-20H2,(H,37,41). The number of hydrogen-bond donors (Lipinski definition) is 2. The van der Waals surface area contributed by atoms with Gasteiger partial charge in [-0.3, -0.25) is 9.69 Å². The van der Waals surface area contributed by atoms with Crippen LogP contribution in [0.2, 0.25) is 0 Å². The third-order valence-electron chi connectivity index (χ3n) is 8.96. The zero-order chi connectivity index (χ0) is 29.3. The number of ether oxygens (including phenoxy) is 1. The Hall–Kier alpha value is -3.66. The summed E-state index contributed by atoms with van der Waals surface area (Å²) in [4.78, 5) is 14.7. The Balaban J connectivity index is 1.02. The van der Waals surface area contributed by atoms with Crippen LogP contribution < -0.4 is 15.4 Å². The lowest BCUT2D eigenvalue weighted by Crippen LogP contribution is -2.49. The van der Waals surface area contributed by atoms with Crippen molar-refractivity contribution in [3.05, 3.63) is 76.9 Å². The van der Waals surface area contributed by atoms with Gasteiger partial charge < -0.3 is 15.4 Å². The number of nitrogens with one attached hydrogen (secondary N) is 2. The topological polar surface area (TPSA) is 79.4 Å². The lowest BCUT2D eigenvalue weighted by Gasteiger charge is -2.36. The second-order valence-electron chi connectivity index (χ2n) is 12.1. The molecule has 0 bridgehead atoms. The summed E-state index contributed by atoms with van der Waals surface area (Å²) in [6, 6.07) is 13.4. The molecule has 2 fully saturated rings. The molecular weight excluding hydrogens is 561 g/mol. The van der Waals surface area contributed by atoms with E-state index in [2.05, 4.69) is 62.0 Å². The molecule has 2 aliphatic heterocycles. The van der Waals surface area contributed by atoms with Crippen LogP contribution in [0.4, 0.5) is 4.39 Å². The minimum atomic E-state index is -0.352. The van der Waals surface area contributed by atoms with Crippen molar-refractivity contribution in [2.45, 2.75) is 44.7 Å². The summed E-state index contributed by atoms with van der Waals surface area (Å²) < 4.78 is 21.6. The molecule has 2 N–H and O–H groups in total. The van der Waals surface area contributed by atoms with Crippen LogP contribution in [0, 0.1) is 11.7 Å². The van der Waals surface area contributed by atoms with Gasteiger partial charge in [0.2, 0.25) is 5.91 Å². The second kappa shape index (κ2) is 12.1. The van der Waals surface area contributed by atoms with Gasteiger partial charge in [0.15, 0.2) is 0 Å². The van der Waals surface area contributed by atoms with E-state index in [0.29, 0.717) is 30.5 Å². The van der Waals surface area contributed by atoms with E-state index in [1.165, 1.54) is 28.8 Å². The van der Waals surface area contributed by atoms with Crippen molar-refractivity contribution in [2.75, 3.05) is 32.8 Å². The lowest BCUT2D eigenvalue weighted by molar-refractivity contribution is -0.124. The number of nitrogens with zero attached hydrogens (tertiary/aromatic N) is 3. The molecule has 7 rings (SSSR count). The Morgan fingerprint density at radius 2 is 1.91 bits per heavy atom. The maximum absolute atomic E-state index is 14.4. The van der Waals surface area contributed by atoms with E-state index in [1.807, 2.05) is 0 Å². The molecule has 4 aromatic rings. The predicted octanol–water partition coefficient (Wildman–Crippen LogP) is 5.74. The number of halogens is 1. The van der Waals surface area contributed by atoms with Crippen LogP contribution in [-0.2, 0) is 17.8 Å². The van der Waals surface area contributed by atoms with Crippen molar-refractivity contribution in [2.24, 2.45) is 5.92 Å². The number of aromatic nitrogens is 2. The van der Waals surface area contributed by atoms with E-state index in [1.54, 1.807) is 17.4 Å². The monoisotopic (exact) mass is 597 g/mol. The van der Waals surface area contributed by atoms with Crippen molar-refractivity contribution in [1.82, 2.24) is 25.7 Å². The van der Waals surface area contributed by atoms with Gasteiger partial charge in [0, 0.05) is 48.3 Å². The Morgan fingerprint density at radius 1 is 1.07 bits per heavy atom. The molecular formula is C34H36FN5O2S. The largest absolute Gasteiger partial charge is 0.492 e. The van der Waals surface area contributed by atoms with E-state index >= 15 is 0 Å². The SMILES string of the molecule is C=C1CCN(CC(=O)NC2CC(COc3cc(F)ccc3-c3nnc(-c4ccc5c(c4)CCNC5)c4ccsc34)C2)CC1. The highest BCUT2D eigenvalue weighted by Crippen LogP contribution is 2.40. The fourth-order valence-electron chi connectivity index (χ4n) is 6.40. The minimum absolute atomic E-state index is 0.0821. The van der Waals surface area contributed by atoms with Gasteiger partial charge in [-0.05, 0) is 85.3 Å². The molecule has 2 aromatic heterocycles. The van der Waals surface area contributed by atoms with E-state index in [-0.39, 0.29) is 17.8 Å². The van der Waals surface area contributed by atoms with Gasteiger partial charge in [0.25, 0.3) is 0 Å². The van der Waals surface area contributed by atoms with Crippen molar-refractivity contribution >= 4 is 27.3 Å². The molecule has 0 atom stereocenters. The van der Waals surface area contributed by atoms with Crippen molar-refractivity contribution in [1.29, 1.82) is 0 Å². The van der Waals surface area contributed by atoms with Gasteiger partial charge in [-0.1, -0.05) is 24.3 Å². The van der Waals surface area contributed by atoms with Crippen LogP contribution in [0.25, 0.3) is 32.6 Å². The number of likely N-dealkylation sites (tertiary alicyclic amines) is 1. The molecule has 1 saturated heterocycles.